The third kappa shape index (κ3) is 5.18. The molecule has 3 aromatic rings. The summed E-state index contributed by atoms with van der Waals surface area (Å²) in [5, 5.41) is 8.92. The van der Waals surface area contributed by atoms with Crippen molar-refractivity contribution in [3.8, 4) is 5.75 Å². The van der Waals surface area contributed by atoms with Crippen molar-refractivity contribution < 1.29 is 23.1 Å². The Morgan fingerprint density at radius 3 is 2.74 bits per heavy atom. The molecule has 1 unspecified atom stereocenters. The van der Waals surface area contributed by atoms with Gasteiger partial charge in [-0.15, -0.1) is 0 Å². The number of H-pyrrole nitrogens is 1. The number of methoxy groups -OCH3 is 1. The molecular formula is C23H22ClF2N5O3. The Morgan fingerprint density at radius 2 is 2.03 bits per heavy atom. The molecule has 34 heavy (non-hydrogen) atoms. The van der Waals surface area contributed by atoms with Crippen LogP contribution in [0.5, 0.6) is 5.75 Å². The molecule has 11 heteroatoms. The molecule has 1 aromatic heterocycles. The number of anilines is 1. The van der Waals surface area contributed by atoms with Crippen LogP contribution in [0, 0.1) is 11.6 Å². The van der Waals surface area contributed by atoms with E-state index >= 15 is 0 Å². The summed E-state index contributed by atoms with van der Waals surface area (Å²) in [6.45, 7) is 1.56. The average molecular weight is 490 g/mol. The van der Waals surface area contributed by atoms with Crippen molar-refractivity contribution in [2.75, 3.05) is 25.5 Å². The molecule has 178 valence electrons. The van der Waals surface area contributed by atoms with Gasteiger partial charge in [0.05, 0.1) is 17.7 Å². The summed E-state index contributed by atoms with van der Waals surface area (Å²) in [7, 11) is 1.25. The summed E-state index contributed by atoms with van der Waals surface area (Å²) in [6, 6.07) is 7.35. The predicted molar refractivity (Wildman–Crippen MR) is 122 cm³/mol. The van der Waals surface area contributed by atoms with Gasteiger partial charge in [-0.3, -0.25) is 9.59 Å². The van der Waals surface area contributed by atoms with Crippen molar-refractivity contribution in [1.29, 1.82) is 0 Å². The lowest BCUT2D eigenvalue weighted by Crippen LogP contribution is -2.36. The maximum absolute atomic E-state index is 14.2. The van der Waals surface area contributed by atoms with Crippen LogP contribution in [-0.2, 0) is 6.42 Å². The lowest BCUT2D eigenvalue weighted by Gasteiger charge is -2.13. The molecule has 1 aliphatic heterocycles. The van der Waals surface area contributed by atoms with E-state index in [1.54, 1.807) is 6.07 Å². The van der Waals surface area contributed by atoms with E-state index in [9.17, 15) is 18.4 Å². The highest BCUT2D eigenvalue weighted by atomic mass is 35.5. The molecule has 0 bridgehead atoms. The number of aromatic nitrogens is 2. The fourth-order valence-corrected chi connectivity index (χ4v) is 3.91. The number of nitrogens with zero attached hydrogens (tertiary/aromatic N) is 1. The van der Waals surface area contributed by atoms with E-state index in [-0.39, 0.29) is 40.5 Å². The highest BCUT2D eigenvalue weighted by molar-refractivity contribution is 6.34. The highest BCUT2D eigenvalue weighted by Gasteiger charge is 2.20. The van der Waals surface area contributed by atoms with E-state index in [4.69, 9.17) is 16.3 Å². The van der Waals surface area contributed by atoms with Gasteiger partial charge in [-0.05, 0) is 42.8 Å². The molecule has 8 nitrogen and oxygen atoms in total. The topological polar surface area (TPSA) is 108 Å². The zero-order valence-corrected chi connectivity index (χ0v) is 18.9. The monoisotopic (exact) mass is 489 g/mol. The molecule has 4 rings (SSSR count). The second-order valence-corrected chi connectivity index (χ2v) is 8.21. The molecule has 2 amide bonds. The van der Waals surface area contributed by atoms with Gasteiger partial charge in [-0.1, -0.05) is 17.7 Å². The molecule has 2 aromatic carbocycles. The van der Waals surface area contributed by atoms with Gasteiger partial charge < -0.3 is 25.7 Å². The van der Waals surface area contributed by atoms with Crippen molar-refractivity contribution >= 4 is 29.1 Å². The number of benzene rings is 2. The first-order chi connectivity index (χ1) is 16.4. The summed E-state index contributed by atoms with van der Waals surface area (Å²) in [4.78, 5) is 31.8. The Balaban J connectivity index is 1.40. The number of hydrogen-bond donors (Lipinski definition) is 4. The van der Waals surface area contributed by atoms with Gasteiger partial charge >= 0.3 is 0 Å². The minimum atomic E-state index is -1.08. The number of ether oxygens (including phenoxy) is 1. The Hall–Kier alpha value is -3.50. The molecule has 1 fully saturated rings. The lowest BCUT2D eigenvalue weighted by atomic mass is 10.1. The Labute approximate surface area is 199 Å². The van der Waals surface area contributed by atoms with Crippen LogP contribution in [0.1, 0.15) is 38.7 Å². The third-order valence-corrected chi connectivity index (χ3v) is 5.75. The van der Waals surface area contributed by atoms with Gasteiger partial charge in [-0.25, -0.2) is 9.37 Å². The van der Waals surface area contributed by atoms with E-state index in [0.29, 0.717) is 23.5 Å². The Morgan fingerprint density at radius 1 is 1.21 bits per heavy atom. The van der Waals surface area contributed by atoms with E-state index in [1.807, 2.05) is 0 Å². The fraction of sp³-hybridized carbons (Fsp3) is 0.261. The number of aromatic amines is 1. The first kappa shape index (κ1) is 23.7. The van der Waals surface area contributed by atoms with Gasteiger partial charge in [0.25, 0.3) is 11.8 Å². The minimum absolute atomic E-state index is 0.000815. The lowest BCUT2D eigenvalue weighted by molar-refractivity contribution is 0.0939. The smallest absolute Gasteiger partial charge is 0.291 e. The quantitative estimate of drug-likeness (QED) is 0.407. The third-order valence-electron chi connectivity index (χ3n) is 5.44. The summed E-state index contributed by atoms with van der Waals surface area (Å²) < 4.78 is 32.9. The molecule has 1 saturated heterocycles. The Kier molecular flexibility index (Phi) is 7.09. The molecule has 2 heterocycles. The van der Waals surface area contributed by atoms with Crippen molar-refractivity contribution in [3.63, 3.8) is 0 Å². The van der Waals surface area contributed by atoms with Gasteiger partial charge in [0.1, 0.15) is 0 Å². The first-order valence-corrected chi connectivity index (χ1v) is 10.9. The van der Waals surface area contributed by atoms with Crippen LogP contribution in [0.2, 0.25) is 5.02 Å². The highest BCUT2D eigenvalue weighted by Crippen LogP contribution is 2.24. The van der Waals surface area contributed by atoms with Crippen molar-refractivity contribution in [3.05, 3.63) is 75.8 Å². The normalized spacial score (nSPS) is 15.2. The van der Waals surface area contributed by atoms with Crippen LogP contribution < -0.4 is 20.7 Å². The Bertz CT molecular complexity index is 1230. The molecule has 0 radical (unpaired) electrons. The summed E-state index contributed by atoms with van der Waals surface area (Å²) in [5.41, 5.74) is 1.18. The minimum Gasteiger partial charge on any atom is -0.494 e. The van der Waals surface area contributed by atoms with E-state index < -0.39 is 17.5 Å². The van der Waals surface area contributed by atoms with Crippen LogP contribution in [-0.4, -0.2) is 48.0 Å². The number of rotatable bonds is 7. The van der Waals surface area contributed by atoms with E-state index in [0.717, 1.165) is 13.0 Å². The standard InChI is InChI=1S/C23H22ClF2N5O3/c1-34-18-5-2-12(19(25)20(18)26)8-15-11-28-21(29-15)23(33)30-13-3-4-16(17(24)9-13)22(32)31-14-6-7-27-10-14/h2-5,9,11,14,27H,6-8,10H2,1H3,(H,28,29)(H,30,33)(H,31,32). The van der Waals surface area contributed by atoms with Crippen molar-refractivity contribution in [2.45, 2.75) is 18.9 Å². The number of halogens is 3. The van der Waals surface area contributed by atoms with Crippen LogP contribution in [0.25, 0.3) is 0 Å². The second kappa shape index (κ2) is 10.2. The van der Waals surface area contributed by atoms with E-state index in [1.165, 1.54) is 37.6 Å². The molecule has 0 saturated carbocycles. The fourth-order valence-electron chi connectivity index (χ4n) is 3.64. The molecular weight excluding hydrogens is 468 g/mol. The number of amides is 2. The number of imidazole rings is 1. The van der Waals surface area contributed by atoms with Crippen LogP contribution >= 0.6 is 11.6 Å². The van der Waals surface area contributed by atoms with Crippen LogP contribution in [0.15, 0.2) is 36.5 Å². The summed E-state index contributed by atoms with van der Waals surface area (Å²) >= 11 is 6.26. The van der Waals surface area contributed by atoms with Gasteiger partial charge in [0, 0.05) is 36.6 Å². The molecule has 4 N–H and O–H groups in total. The van der Waals surface area contributed by atoms with Crippen LogP contribution in [0.3, 0.4) is 0 Å². The first-order valence-electron chi connectivity index (χ1n) is 10.5. The number of carbonyl (C=O) groups excluding carboxylic acids is 2. The number of hydrogen-bond acceptors (Lipinski definition) is 5. The van der Waals surface area contributed by atoms with Crippen molar-refractivity contribution in [2.24, 2.45) is 0 Å². The zero-order chi connectivity index (χ0) is 24.2. The molecule has 0 spiro atoms. The largest absolute Gasteiger partial charge is 0.494 e. The van der Waals surface area contributed by atoms with Crippen LogP contribution in [0.4, 0.5) is 14.5 Å². The SMILES string of the molecule is COc1ccc(Cc2cnc(C(=O)Nc3ccc(C(=O)NC4CCNC4)c(Cl)c3)[nH]2)c(F)c1F. The van der Waals surface area contributed by atoms with Gasteiger partial charge in [0.2, 0.25) is 5.82 Å². The molecule has 1 atom stereocenters. The zero-order valence-electron chi connectivity index (χ0n) is 18.2. The second-order valence-electron chi connectivity index (χ2n) is 7.80. The predicted octanol–water partition coefficient (Wildman–Crippen LogP) is 3.28. The van der Waals surface area contributed by atoms with Gasteiger partial charge in [0.15, 0.2) is 17.4 Å². The maximum atomic E-state index is 14.2. The number of carbonyl (C=O) groups is 2. The molecule has 1 aliphatic rings. The summed E-state index contributed by atoms with van der Waals surface area (Å²) in [5.74, 6) is -3.15. The number of nitrogens with one attached hydrogen (secondary N) is 4. The maximum Gasteiger partial charge on any atom is 0.291 e. The summed E-state index contributed by atoms with van der Waals surface area (Å²) in [6.07, 6.45) is 2.22. The molecule has 0 aliphatic carbocycles. The average Bonchev–Trinajstić information content (AvgIpc) is 3.49. The van der Waals surface area contributed by atoms with Gasteiger partial charge in [-0.2, -0.15) is 4.39 Å². The van der Waals surface area contributed by atoms with Crippen molar-refractivity contribution in [1.82, 2.24) is 20.6 Å². The van der Waals surface area contributed by atoms with E-state index in [2.05, 4.69) is 25.9 Å².